The molecule has 0 N–H and O–H groups in total. The first-order valence-corrected chi connectivity index (χ1v) is 7.52. The number of rotatable bonds is 6. The van der Waals surface area contributed by atoms with Crippen molar-refractivity contribution in [3.63, 3.8) is 0 Å². The molecule has 0 saturated heterocycles. The van der Waals surface area contributed by atoms with E-state index in [0.29, 0.717) is 6.42 Å². The zero-order valence-electron chi connectivity index (χ0n) is 11.4. The molecule has 0 aromatic carbocycles. The summed E-state index contributed by atoms with van der Waals surface area (Å²) in [6.07, 6.45) is 14.1. The number of hydrogen-bond donors (Lipinski definition) is 0. The van der Waals surface area contributed by atoms with Gasteiger partial charge in [0.15, 0.2) is 0 Å². The van der Waals surface area contributed by atoms with Crippen LogP contribution in [-0.4, -0.2) is 12.1 Å². The predicted octanol–water partition coefficient (Wildman–Crippen LogP) is 4.61. The maximum atomic E-state index is 11.7. The van der Waals surface area contributed by atoms with Gasteiger partial charge in [0.05, 0.1) is 0 Å². The van der Waals surface area contributed by atoms with Crippen molar-refractivity contribution in [2.45, 2.75) is 90.1 Å². The topological polar surface area (TPSA) is 26.3 Å². The molecule has 100 valence electrons. The van der Waals surface area contributed by atoms with Crippen LogP contribution in [0.15, 0.2) is 0 Å². The molecule has 2 heteroatoms. The summed E-state index contributed by atoms with van der Waals surface area (Å²) < 4.78 is 5.57. The van der Waals surface area contributed by atoms with Gasteiger partial charge in [0.25, 0.3) is 0 Å². The molecule has 0 unspecified atom stereocenters. The highest BCUT2D eigenvalue weighted by Gasteiger charge is 2.15. The zero-order valence-corrected chi connectivity index (χ0v) is 11.4. The number of carbonyl (C=O) groups is 1. The lowest BCUT2D eigenvalue weighted by molar-refractivity contribution is -0.150. The molecule has 0 atom stereocenters. The third-order valence-electron chi connectivity index (χ3n) is 3.58. The lowest BCUT2D eigenvalue weighted by atomic mass is 9.98. The van der Waals surface area contributed by atoms with Gasteiger partial charge < -0.3 is 4.74 Å². The second kappa shape index (κ2) is 9.49. The number of carbonyl (C=O) groups excluding carboxylic acids is 1. The Hall–Kier alpha value is -0.530. The van der Waals surface area contributed by atoms with Gasteiger partial charge in [0.2, 0.25) is 0 Å². The number of ether oxygens (including phenoxy) is 1. The first-order chi connectivity index (χ1) is 8.33. The Morgan fingerprint density at radius 2 is 1.65 bits per heavy atom. The number of esters is 1. The van der Waals surface area contributed by atoms with Crippen molar-refractivity contribution in [3.8, 4) is 0 Å². The molecule has 0 heterocycles. The van der Waals surface area contributed by atoms with Crippen molar-refractivity contribution in [1.29, 1.82) is 0 Å². The largest absolute Gasteiger partial charge is 0.462 e. The fourth-order valence-corrected chi connectivity index (χ4v) is 2.48. The maximum absolute atomic E-state index is 11.7. The second-order valence-electron chi connectivity index (χ2n) is 5.27. The van der Waals surface area contributed by atoms with Crippen LogP contribution in [0.25, 0.3) is 0 Å². The van der Waals surface area contributed by atoms with Gasteiger partial charge in [-0.1, -0.05) is 45.4 Å². The van der Waals surface area contributed by atoms with E-state index >= 15 is 0 Å². The van der Waals surface area contributed by atoms with Crippen LogP contribution >= 0.6 is 0 Å². The Balaban J connectivity index is 2.10. The summed E-state index contributed by atoms with van der Waals surface area (Å²) in [5, 5.41) is 0. The summed E-state index contributed by atoms with van der Waals surface area (Å²) in [6, 6.07) is 0. The minimum atomic E-state index is 0.0340. The summed E-state index contributed by atoms with van der Waals surface area (Å²) in [5.41, 5.74) is 0. The lowest BCUT2D eigenvalue weighted by Gasteiger charge is -2.20. The highest BCUT2D eigenvalue weighted by Crippen LogP contribution is 2.20. The van der Waals surface area contributed by atoms with E-state index in [1.165, 1.54) is 44.9 Å². The van der Waals surface area contributed by atoms with Crippen molar-refractivity contribution in [1.82, 2.24) is 0 Å². The minimum absolute atomic E-state index is 0.0340. The SMILES string of the molecule is CCCCCCC(=O)OC1CCCCCCC1. The summed E-state index contributed by atoms with van der Waals surface area (Å²) in [5.74, 6) is 0.0340. The molecule has 0 aromatic rings. The highest BCUT2D eigenvalue weighted by atomic mass is 16.5. The number of unbranched alkanes of at least 4 members (excludes halogenated alkanes) is 3. The standard InChI is InChI=1S/C15H28O2/c1-2-3-4-10-13-15(16)17-14-11-8-6-5-7-9-12-14/h14H,2-13H2,1H3. The average molecular weight is 240 g/mol. The van der Waals surface area contributed by atoms with Crippen molar-refractivity contribution in [2.24, 2.45) is 0 Å². The van der Waals surface area contributed by atoms with Crippen molar-refractivity contribution < 1.29 is 9.53 Å². The summed E-state index contributed by atoms with van der Waals surface area (Å²) in [7, 11) is 0. The maximum Gasteiger partial charge on any atom is 0.306 e. The highest BCUT2D eigenvalue weighted by molar-refractivity contribution is 5.69. The summed E-state index contributed by atoms with van der Waals surface area (Å²) in [6.45, 7) is 2.19. The molecule has 0 amide bonds. The molecular weight excluding hydrogens is 212 g/mol. The molecule has 0 bridgehead atoms. The van der Waals surface area contributed by atoms with Gasteiger partial charge in [-0.15, -0.1) is 0 Å². The Morgan fingerprint density at radius 3 is 2.29 bits per heavy atom. The summed E-state index contributed by atoms with van der Waals surface area (Å²) >= 11 is 0. The Morgan fingerprint density at radius 1 is 1.00 bits per heavy atom. The minimum Gasteiger partial charge on any atom is -0.462 e. The van der Waals surface area contributed by atoms with Crippen molar-refractivity contribution in [3.05, 3.63) is 0 Å². The quantitative estimate of drug-likeness (QED) is 0.500. The van der Waals surface area contributed by atoms with Crippen LogP contribution in [0.2, 0.25) is 0 Å². The summed E-state index contributed by atoms with van der Waals surface area (Å²) in [4.78, 5) is 11.7. The molecule has 17 heavy (non-hydrogen) atoms. The van der Waals surface area contributed by atoms with Gasteiger partial charge >= 0.3 is 5.97 Å². The molecular formula is C15H28O2. The molecule has 1 fully saturated rings. The fraction of sp³-hybridized carbons (Fsp3) is 0.933. The Labute approximate surface area is 106 Å². The Kier molecular flexibility index (Phi) is 8.12. The van der Waals surface area contributed by atoms with Crippen LogP contribution in [0, 0.1) is 0 Å². The van der Waals surface area contributed by atoms with Crippen molar-refractivity contribution >= 4 is 5.97 Å². The van der Waals surface area contributed by atoms with Gasteiger partial charge in [0.1, 0.15) is 6.10 Å². The van der Waals surface area contributed by atoms with Crippen LogP contribution in [0.4, 0.5) is 0 Å². The van der Waals surface area contributed by atoms with Crippen molar-refractivity contribution in [2.75, 3.05) is 0 Å². The molecule has 0 radical (unpaired) electrons. The smallest absolute Gasteiger partial charge is 0.306 e. The molecule has 2 nitrogen and oxygen atoms in total. The van der Waals surface area contributed by atoms with Crippen LogP contribution in [0.5, 0.6) is 0 Å². The van der Waals surface area contributed by atoms with Gasteiger partial charge in [-0.25, -0.2) is 0 Å². The second-order valence-corrected chi connectivity index (χ2v) is 5.27. The normalized spacial score (nSPS) is 18.4. The van der Waals surface area contributed by atoms with Crippen LogP contribution in [0.3, 0.4) is 0 Å². The first-order valence-electron chi connectivity index (χ1n) is 7.52. The molecule has 1 aliphatic carbocycles. The van der Waals surface area contributed by atoms with E-state index < -0.39 is 0 Å². The third-order valence-corrected chi connectivity index (χ3v) is 3.58. The Bertz CT molecular complexity index is 193. The molecule has 0 aliphatic heterocycles. The molecule has 0 aromatic heterocycles. The average Bonchev–Trinajstić information content (AvgIpc) is 2.28. The predicted molar refractivity (Wildman–Crippen MR) is 71.0 cm³/mol. The van der Waals surface area contributed by atoms with E-state index in [1.54, 1.807) is 0 Å². The van der Waals surface area contributed by atoms with E-state index in [-0.39, 0.29) is 12.1 Å². The fourth-order valence-electron chi connectivity index (χ4n) is 2.48. The van der Waals surface area contributed by atoms with Gasteiger partial charge in [-0.2, -0.15) is 0 Å². The van der Waals surface area contributed by atoms with Gasteiger partial charge in [-0.05, 0) is 32.1 Å². The molecule has 1 aliphatic rings. The monoisotopic (exact) mass is 240 g/mol. The third kappa shape index (κ3) is 7.40. The first kappa shape index (κ1) is 14.5. The van der Waals surface area contributed by atoms with Crippen LogP contribution in [-0.2, 0) is 9.53 Å². The lowest BCUT2D eigenvalue weighted by Crippen LogP contribution is -2.19. The van der Waals surface area contributed by atoms with E-state index in [2.05, 4.69) is 6.92 Å². The molecule has 1 saturated carbocycles. The van der Waals surface area contributed by atoms with E-state index in [9.17, 15) is 4.79 Å². The van der Waals surface area contributed by atoms with Crippen LogP contribution in [0.1, 0.15) is 84.0 Å². The van der Waals surface area contributed by atoms with E-state index in [1.807, 2.05) is 0 Å². The van der Waals surface area contributed by atoms with Crippen LogP contribution < -0.4 is 0 Å². The van der Waals surface area contributed by atoms with Gasteiger partial charge in [0, 0.05) is 6.42 Å². The van der Waals surface area contributed by atoms with E-state index in [4.69, 9.17) is 4.74 Å². The zero-order chi connectivity index (χ0) is 12.3. The molecule has 1 rings (SSSR count). The van der Waals surface area contributed by atoms with E-state index in [0.717, 1.165) is 25.7 Å². The molecule has 0 spiro atoms. The number of hydrogen-bond acceptors (Lipinski definition) is 2. The van der Waals surface area contributed by atoms with Gasteiger partial charge in [-0.3, -0.25) is 4.79 Å².